The van der Waals surface area contributed by atoms with E-state index in [9.17, 15) is 0 Å². The molecule has 0 fully saturated rings. The fourth-order valence-electron chi connectivity index (χ4n) is 9.57. The smallest absolute Gasteiger partial charge is 0.135 e. The first-order chi connectivity index (χ1) is 31.3. The molecule has 11 aromatic carbocycles. The highest BCUT2D eigenvalue weighted by molar-refractivity contribution is 6.19. The molecule has 1 heterocycles. The van der Waals surface area contributed by atoms with Gasteiger partial charge in [0.25, 0.3) is 0 Å². The Kier molecular flexibility index (Phi) is 8.83. The van der Waals surface area contributed by atoms with Crippen LogP contribution in [-0.4, -0.2) is 0 Å². The predicted octanol–water partition coefficient (Wildman–Crippen LogP) is 17.3. The zero-order chi connectivity index (χ0) is 41.7. The number of furan rings is 1. The molecule has 0 atom stereocenters. The van der Waals surface area contributed by atoms with Crippen LogP contribution in [0.2, 0.25) is 0 Å². The topological polar surface area (TPSA) is 19.6 Å². The van der Waals surface area contributed by atoms with Crippen molar-refractivity contribution < 1.29 is 4.42 Å². The first kappa shape index (κ1) is 36.5. The molecule has 0 spiro atoms. The molecule has 63 heavy (non-hydrogen) atoms. The lowest BCUT2D eigenvalue weighted by Crippen LogP contribution is -2.11. The molecule has 0 saturated heterocycles. The predicted molar refractivity (Wildman–Crippen MR) is 266 cm³/mol. The fraction of sp³-hybridized carbons (Fsp3) is 0. The van der Waals surface area contributed by atoms with Crippen LogP contribution in [-0.2, 0) is 0 Å². The van der Waals surface area contributed by atoms with Gasteiger partial charge in [-0.1, -0.05) is 170 Å². The number of rotatable bonds is 8. The maximum Gasteiger partial charge on any atom is 0.135 e. The monoisotopic (exact) mass is 804 g/mol. The molecule has 296 valence electrons. The molecular formula is C60H40N2O. The Morgan fingerprint density at radius 1 is 0.270 bits per heavy atom. The van der Waals surface area contributed by atoms with E-state index in [4.69, 9.17) is 4.42 Å². The van der Waals surface area contributed by atoms with Crippen molar-refractivity contribution in [1.29, 1.82) is 0 Å². The Morgan fingerprint density at radius 3 is 1.62 bits per heavy atom. The maximum atomic E-state index is 6.27. The standard InChI is InChI=1S/C60H40N2O/c1-3-19-44(20-4-1)61(46-35-32-42(33-36-46)49-26-13-17-41-16-7-8-23-48(41)49)56-29-11-9-24-50(56)53-27-14-18-43-34-38-51-54(60(43)53)28-15-30-57(51)62(45-21-5-2-6-22-45)47-37-39-59-55(40-47)52-25-10-12-31-58(52)63-59/h1-40H. The van der Waals surface area contributed by atoms with Crippen LogP contribution in [0.5, 0.6) is 0 Å². The molecule has 0 aliphatic heterocycles. The Hall–Kier alpha value is -8.40. The van der Waals surface area contributed by atoms with Crippen LogP contribution < -0.4 is 9.80 Å². The molecule has 1 aromatic heterocycles. The quantitative estimate of drug-likeness (QED) is 0.143. The molecule has 12 rings (SSSR count). The summed E-state index contributed by atoms with van der Waals surface area (Å²) in [6.45, 7) is 0. The SMILES string of the molecule is c1ccc(N(c2ccc(-c3cccc4ccccc34)cc2)c2ccccc2-c2cccc3ccc4c(N(c5ccccc5)c5ccc6oc7ccccc7c6c5)cccc4c23)cc1. The van der Waals surface area contributed by atoms with Crippen molar-refractivity contribution >= 4 is 88.4 Å². The second-order valence-corrected chi connectivity index (χ2v) is 16.1. The second kappa shape index (κ2) is 15.3. The average Bonchev–Trinajstić information content (AvgIpc) is 3.73. The van der Waals surface area contributed by atoms with Gasteiger partial charge in [-0.05, 0) is 116 Å². The molecule has 0 radical (unpaired) electrons. The highest BCUT2D eigenvalue weighted by Gasteiger charge is 2.22. The van der Waals surface area contributed by atoms with Gasteiger partial charge in [0.2, 0.25) is 0 Å². The third-order valence-electron chi connectivity index (χ3n) is 12.4. The summed E-state index contributed by atoms with van der Waals surface area (Å²) in [5, 5.41) is 9.47. The Morgan fingerprint density at radius 2 is 0.810 bits per heavy atom. The summed E-state index contributed by atoms with van der Waals surface area (Å²) < 4.78 is 6.27. The lowest BCUT2D eigenvalue weighted by Gasteiger charge is -2.29. The van der Waals surface area contributed by atoms with Crippen molar-refractivity contribution in [3.05, 3.63) is 243 Å². The van der Waals surface area contributed by atoms with Crippen LogP contribution in [0.25, 0.3) is 76.5 Å². The number of anilines is 6. The number of hydrogen-bond acceptors (Lipinski definition) is 3. The lowest BCUT2D eigenvalue weighted by molar-refractivity contribution is 0.669. The number of benzene rings is 11. The van der Waals surface area contributed by atoms with E-state index in [-0.39, 0.29) is 0 Å². The highest BCUT2D eigenvalue weighted by atomic mass is 16.3. The van der Waals surface area contributed by atoms with E-state index in [0.717, 1.165) is 61.6 Å². The van der Waals surface area contributed by atoms with E-state index in [1.807, 2.05) is 12.1 Å². The minimum Gasteiger partial charge on any atom is -0.456 e. The first-order valence-corrected chi connectivity index (χ1v) is 21.5. The summed E-state index contributed by atoms with van der Waals surface area (Å²) in [6, 6.07) is 87.3. The third kappa shape index (κ3) is 6.29. The fourth-order valence-corrected chi connectivity index (χ4v) is 9.57. The van der Waals surface area contributed by atoms with Crippen LogP contribution in [0.3, 0.4) is 0 Å². The summed E-state index contributed by atoms with van der Waals surface area (Å²) in [6.07, 6.45) is 0. The average molecular weight is 805 g/mol. The first-order valence-electron chi connectivity index (χ1n) is 21.5. The van der Waals surface area contributed by atoms with Crippen LogP contribution in [0.1, 0.15) is 0 Å². The molecular weight excluding hydrogens is 765 g/mol. The largest absolute Gasteiger partial charge is 0.456 e. The lowest BCUT2D eigenvalue weighted by atomic mass is 9.91. The summed E-state index contributed by atoms with van der Waals surface area (Å²) in [5.41, 5.74) is 13.1. The van der Waals surface area contributed by atoms with Gasteiger partial charge in [-0.25, -0.2) is 0 Å². The zero-order valence-electron chi connectivity index (χ0n) is 34.4. The Bertz CT molecular complexity index is 3620. The van der Waals surface area contributed by atoms with Crippen LogP contribution in [0, 0.1) is 0 Å². The Balaban J connectivity index is 1.03. The molecule has 3 heteroatoms. The van der Waals surface area contributed by atoms with Gasteiger partial charge in [-0.15, -0.1) is 0 Å². The van der Waals surface area contributed by atoms with Gasteiger partial charge >= 0.3 is 0 Å². The Labute approximate surface area is 365 Å². The molecule has 3 nitrogen and oxygen atoms in total. The summed E-state index contributed by atoms with van der Waals surface area (Å²) in [7, 11) is 0. The van der Waals surface area contributed by atoms with Gasteiger partial charge in [-0.3, -0.25) is 0 Å². The van der Waals surface area contributed by atoms with Crippen LogP contribution in [0.15, 0.2) is 247 Å². The van der Waals surface area contributed by atoms with Crippen molar-refractivity contribution in [2.75, 3.05) is 9.80 Å². The number of nitrogens with zero attached hydrogens (tertiary/aromatic N) is 2. The van der Waals surface area contributed by atoms with Gasteiger partial charge in [0.15, 0.2) is 0 Å². The van der Waals surface area contributed by atoms with E-state index in [2.05, 4.69) is 240 Å². The molecule has 0 aliphatic rings. The van der Waals surface area contributed by atoms with Crippen molar-refractivity contribution in [3.63, 3.8) is 0 Å². The minimum atomic E-state index is 0.880. The van der Waals surface area contributed by atoms with Crippen LogP contribution >= 0.6 is 0 Å². The maximum absolute atomic E-state index is 6.27. The van der Waals surface area contributed by atoms with Gasteiger partial charge in [0, 0.05) is 44.5 Å². The summed E-state index contributed by atoms with van der Waals surface area (Å²) in [5.74, 6) is 0. The van der Waals surface area contributed by atoms with Gasteiger partial charge in [-0.2, -0.15) is 0 Å². The normalized spacial score (nSPS) is 11.5. The zero-order valence-corrected chi connectivity index (χ0v) is 34.4. The van der Waals surface area contributed by atoms with Crippen molar-refractivity contribution in [2.45, 2.75) is 0 Å². The summed E-state index contributed by atoms with van der Waals surface area (Å²) >= 11 is 0. The number of hydrogen-bond donors (Lipinski definition) is 0. The van der Waals surface area contributed by atoms with E-state index >= 15 is 0 Å². The highest BCUT2D eigenvalue weighted by Crippen LogP contribution is 2.47. The van der Waals surface area contributed by atoms with E-state index < -0.39 is 0 Å². The van der Waals surface area contributed by atoms with Crippen LogP contribution in [0.4, 0.5) is 34.1 Å². The van der Waals surface area contributed by atoms with Gasteiger partial charge in [0.1, 0.15) is 11.2 Å². The molecule has 0 N–H and O–H groups in total. The molecule has 0 aliphatic carbocycles. The molecule has 0 bridgehead atoms. The molecule has 0 saturated carbocycles. The molecule has 0 amide bonds. The third-order valence-corrected chi connectivity index (χ3v) is 12.4. The summed E-state index contributed by atoms with van der Waals surface area (Å²) in [4.78, 5) is 4.77. The van der Waals surface area contributed by atoms with Crippen molar-refractivity contribution in [2.24, 2.45) is 0 Å². The number of para-hydroxylation sites is 4. The second-order valence-electron chi connectivity index (χ2n) is 16.1. The van der Waals surface area contributed by atoms with E-state index in [1.165, 1.54) is 49.0 Å². The minimum absolute atomic E-state index is 0.880. The van der Waals surface area contributed by atoms with Crippen molar-refractivity contribution in [1.82, 2.24) is 0 Å². The van der Waals surface area contributed by atoms with E-state index in [1.54, 1.807) is 0 Å². The van der Waals surface area contributed by atoms with Crippen molar-refractivity contribution in [3.8, 4) is 22.3 Å². The van der Waals surface area contributed by atoms with Gasteiger partial charge in [0.05, 0.1) is 11.4 Å². The van der Waals surface area contributed by atoms with Gasteiger partial charge < -0.3 is 14.2 Å². The molecule has 0 unspecified atom stereocenters. The van der Waals surface area contributed by atoms with E-state index in [0.29, 0.717) is 0 Å². The molecule has 12 aromatic rings. The number of fused-ring (bicyclic) bond motifs is 7.